The molecule has 22 heavy (non-hydrogen) atoms. The third-order valence-corrected chi connectivity index (χ3v) is 4.37. The molecule has 1 N–H and O–H groups in total. The van der Waals surface area contributed by atoms with E-state index in [0.717, 1.165) is 22.3 Å². The second kappa shape index (κ2) is 6.48. The van der Waals surface area contributed by atoms with Crippen LogP contribution in [0.15, 0.2) is 12.1 Å². The maximum Gasteiger partial charge on any atom is 0.326 e. The number of benzene rings is 1. The third kappa shape index (κ3) is 3.30. The molecule has 1 aromatic rings. The van der Waals surface area contributed by atoms with Crippen LogP contribution < -0.4 is 0 Å². The van der Waals surface area contributed by atoms with Crippen molar-refractivity contribution in [2.45, 2.75) is 45.8 Å². The number of methoxy groups -OCH3 is 1. The molecule has 1 amide bonds. The van der Waals surface area contributed by atoms with Gasteiger partial charge in [0.15, 0.2) is 0 Å². The number of carbonyl (C=O) groups excluding carboxylic acids is 1. The largest absolute Gasteiger partial charge is 0.480 e. The van der Waals surface area contributed by atoms with Crippen LogP contribution >= 0.6 is 0 Å². The molecule has 2 unspecified atom stereocenters. The van der Waals surface area contributed by atoms with E-state index in [9.17, 15) is 14.7 Å². The van der Waals surface area contributed by atoms with E-state index in [-0.39, 0.29) is 18.4 Å². The topological polar surface area (TPSA) is 66.8 Å². The molecular weight excluding hydrogens is 282 g/mol. The van der Waals surface area contributed by atoms with Crippen molar-refractivity contribution >= 4 is 11.9 Å². The lowest BCUT2D eigenvalue weighted by atomic mass is 9.97. The van der Waals surface area contributed by atoms with Gasteiger partial charge in [0.05, 0.1) is 12.5 Å². The fraction of sp³-hybridized carbons (Fsp3) is 0.529. The van der Waals surface area contributed by atoms with Gasteiger partial charge in [-0.3, -0.25) is 4.79 Å². The van der Waals surface area contributed by atoms with Crippen molar-refractivity contribution in [3.8, 4) is 0 Å². The number of carboxylic acid groups (broad SMARTS) is 1. The Kier molecular flexibility index (Phi) is 4.86. The Hall–Kier alpha value is -1.88. The van der Waals surface area contributed by atoms with Crippen LogP contribution in [-0.2, 0) is 20.7 Å². The van der Waals surface area contributed by atoms with Gasteiger partial charge in [0.2, 0.25) is 5.91 Å². The van der Waals surface area contributed by atoms with E-state index < -0.39 is 12.0 Å². The molecule has 1 fully saturated rings. The second-order valence-corrected chi connectivity index (χ2v) is 6.05. The minimum absolute atomic E-state index is 0.151. The van der Waals surface area contributed by atoms with Crippen LogP contribution in [0, 0.1) is 20.8 Å². The summed E-state index contributed by atoms with van der Waals surface area (Å²) in [6.45, 7) is 6.34. The standard InChI is InChI=1S/C17H23NO4/c1-10-5-11(2)14(12(3)6-10)8-16(19)18-9-13(22-4)7-15(18)17(20)21/h5-6,13,15H,7-9H2,1-4H3,(H,20,21). The molecule has 5 nitrogen and oxygen atoms in total. The monoisotopic (exact) mass is 305 g/mol. The summed E-state index contributed by atoms with van der Waals surface area (Å²) in [6, 6.07) is 3.31. The van der Waals surface area contributed by atoms with Crippen LogP contribution in [0.2, 0.25) is 0 Å². The predicted octanol–water partition coefficient (Wildman–Crippen LogP) is 1.85. The Balaban J connectivity index is 2.20. The fourth-order valence-corrected chi connectivity index (χ4v) is 3.22. The van der Waals surface area contributed by atoms with Crippen LogP contribution in [0.1, 0.15) is 28.7 Å². The summed E-state index contributed by atoms with van der Waals surface area (Å²) in [5, 5.41) is 9.31. The average Bonchev–Trinajstić information content (AvgIpc) is 2.87. The van der Waals surface area contributed by atoms with Crippen molar-refractivity contribution in [2.24, 2.45) is 0 Å². The Labute approximate surface area is 130 Å². The van der Waals surface area contributed by atoms with Crippen LogP contribution in [0.5, 0.6) is 0 Å². The van der Waals surface area contributed by atoms with Gasteiger partial charge in [-0.05, 0) is 37.5 Å². The molecule has 1 aromatic carbocycles. The molecule has 0 saturated carbocycles. The van der Waals surface area contributed by atoms with Crippen molar-refractivity contribution in [3.63, 3.8) is 0 Å². The summed E-state index contributed by atoms with van der Waals surface area (Å²) in [6.07, 6.45) is 0.381. The first kappa shape index (κ1) is 16.5. The second-order valence-electron chi connectivity index (χ2n) is 6.05. The van der Waals surface area contributed by atoms with Gasteiger partial charge in [0.25, 0.3) is 0 Å². The SMILES string of the molecule is COC1CC(C(=O)O)N(C(=O)Cc2c(C)cc(C)cc2C)C1. The Bertz CT molecular complexity index is 573. The van der Waals surface area contributed by atoms with E-state index in [1.54, 1.807) is 7.11 Å². The maximum absolute atomic E-state index is 12.6. The van der Waals surface area contributed by atoms with E-state index >= 15 is 0 Å². The number of carbonyl (C=O) groups is 2. The van der Waals surface area contributed by atoms with Gasteiger partial charge in [0.1, 0.15) is 6.04 Å². The summed E-state index contributed by atoms with van der Waals surface area (Å²) in [4.78, 5) is 25.4. The molecule has 1 aliphatic rings. The number of likely N-dealkylation sites (tertiary alicyclic amines) is 1. The molecule has 1 heterocycles. The first-order valence-corrected chi connectivity index (χ1v) is 7.45. The lowest BCUT2D eigenvalue weighted by molar-refractivity contribution is -0.148. The number of hydrogen-bond donors (Lipinski definition) is 1. The van der Waals surface area contributed by atoms with Gasteiger partial charge in [-0.25, -0.2) is 4.79 Å². The number of hydrogen-bond acceptors (Lipinski definition) is 3. The van der Waals surface area contributed by atoms with Gasteiger partial charge in [-0.1, -0.05) is 17.7 Å². The normalized spacial score (nSPS) is 21.2. The number of rotatable bonds is 4. The van der Waals surface area contributed by atoms with E-state index in [0.29, 0.717) is 13.0 Å². The minimum Gasteiger partial charge on any atom is -0.480 e. The molecule has 1 saturated heterocycles. The summed E-state index contributed by atoms with van der Waals surface area (Å²) < 4.78 is 5.23. The summed E-state index contributed by atoms with van der Waals surface area (Å²) in [5.74, 6) is -1.12. The molecule has 0 bridgehead atoms. The molecule has 0 spiro atoms. The Morgan fingerprint density at radius 3 is 2.36 bits per heavy atom. The van der Waals surface area contributed by atoms with Crippen LogP contribution in [0.25, 0.3) is 0 Å². The quantitative estimate of drug-likeness (QED) is 0.922. The van der Waals surface area contributed by atoms with Crippen molar-refractivity contribution in [1.29, 1.82) is 0 Å². The van der Waals surface area contributed by atoms with Gasteiger partial charge in [-0.15, -0.1) is 0 Å². The summed E-state index contributed by atoms with van der Waals surface area (Å²) in [7, 11) is 1.55. The molecule has 2 rings (SSSR count). The predicted molar refractivity (Wildman–Crippen MR) is 82.9 cm³/mol. The number of aryl methyl sites for hydroxylation is 3. The highest BCUT2D eigenvalue weighted by Crippen LogP contribution is 2.23. The Morgan fingerprint density at radius 1 is 1.27 bits per heavy atom. The van der Waals surface area contributed by atoms with Crippen molar-refractivity contribution in [1.82, 2.24) is 4.90 Å². The van der Waals surface area contributed by atoms with Crippen LogP contribution in [0.4, 0.5) is 0 Å². The smallest absolute Gasteiger partial charge is 0.326 e. The maximum atomic E-state index is 12.6. The van der Waals surface area contributed by atoms with Crippen LogP contribution in [0.3, 0.4) is 0 Å². The molecular formula is C17H23NO4. The van der Waals surface area contributed by atoms with E-state index in [2.05, 4.69) is 0 Å². The number of ether oxygens (including phenoxy) is 1. The number of amides is 1. The highest BCUT2D eigenvalue weighted by molar-refractivity contribution is 5.86. The van der Waals surface area contributed by atoms with Gasteiger partial charge in [0, 0.05) is 20.1 Å². The highest BCUT2D eigenvalue weighted by atomic mass is 16.5. The third-order valence-electron chi connectivity index (χ3n) is 4.37. The lowest BCUT2D eigenvalue weighted by Crippen LogP contribution is -2.41. The molecule has 2 atom stereocenters. The first-order chi connectivity index (χ1) is 10.3. The van der Waals surface area contributed by atoms with Gasteiger partial charge < -0.3 is 14.7 Å². The average molecular weight is 305 g/mol. The molecule has 0 radical (unpaired) electrons. The van der Waals surface area contributed by atoms with E-state index in [1.165, 1.54) is 4.90 Å². The van der Waals surface area contributed by atoms with E-state index in [4.69, 9.17) is 4.74 Å². The molecule has 5 heteroatoms. The zero-order valence-corrected chi connectivity index (χ0v) is 13.5. The summed E-state index contributed by atoms with van der Waals surface area (Å²) >= 11 is 0. The first-order valence-electron chi connectivity index (χ1n) is 7.45. The molecule has 0 aromatic heterocycles. The minimum atomic E-state index is -0.967. The van der Waals surface area contributed by atoms with E-state index in [1.807, 2.05) is 32.9 Å². The zero-order valence-electron chi connectivity index (χ0n) is 13.5. The summed E-state index contributed by atoms with van der Waals surface area (Å²) in [5.41, 5.74) is 4.29. The zero-order chi connectivity index (χ0) is 16.4. The lowest BCUT2D eigenvalue weighted by Gasteiger charge is -2.22. The molecule has 1 aliphatic heterocycles. The van der Waals surface area contributed by atoms with Gasteiger partial charge in [-0.2, -0.15) is 0 Å². The van der Waals surface area contributed by atoms with Crippen LogP contribution in [-0.4, -0.2) is 47.7 Å². The highest BCUT2D eigenvalue weighted by Gasteiger charge is 2.39. The van der Waals surface area contributed by atoms with Crippen molar-refractivity contribution in [2.75, 3.05) is 13.7 Å². The van der Waals surface area contributed by atoms with Crippen molar-refractivity contribution in [3.05, 3.63) is 34.4 Å². The molecule has 0 aliphatic carbocycles. The number of carboxylic acids is 1. The van der Waals surface area contributed by atoms with Crippen molar-refractivity contribution < 1.29 is 19.4 Å². The molecule has 120 valence electrons. The van der Waals surface area contributed by atoms with Gasteiger partial charge >= 0.3 is 5.97 Å². The number of aliphatic carboxylic acids is 1. The fourth-order valence-electron chi connectivity index (χ4n) is 3.22. The number of nitrogens with zero attached hydrogens (tertiary/aromatic N) is 1. The Morgan fingerprint density at radius 2 is 1.86 bits per heavy atom.